The third-order valence-electron chi connectivity index (χ3n) is 0.779. The first kappa shape index (κ1) is 13.3. The zero-order valence-electron chi connectivity index (χ0n) is 7.25. The van der Waals surface area contributed by atoms with Crippen molar-refractivity contribution in [3.8, 4) is 0 Å². The maximum atomic E-state index is 9.47. The van der Waals surface area contributed by atoms with Crippen LogP contribution < -0.4 is 11.1 Å². The van der Waals surface area contributed by atoms with Crippen molar-refractivity contribution in [2.45, 2.75) is 0 Å². The topological polar surface area (TPSA) is 55.1 Å². The fourth-order valence-electron chi connectivity index (χ4n) is 0.287. The molecule has 12 heavy (non-hydrogen) atoms. The van der Waals surface area contributed by atoms with Crippen LogP contribution in [-0.4, -0.2) is 19.0 Å². The summed E-state index contributed by atoms with van der Waals surface area (Å²) in [4.78, 5) is 9.47. The largest absolute Gasteiger partial charge is 0.366 e. The Morgan fingerprint density at radius 2 is 1.58 bits per heavy atom. The van der Waals surface area contributed by atoms with Crippen LogP contribution in [0.1, 0.15) is 0 Å². The van der Waals surface area contributed by atoms with Gasteiger partial charge in [-0.2, -0.15) is 0 Å². The number of carbonyl (C=O) groups is 1. The Morgan fingerprint density at radius 3 is 1.75 bits per heavy atom. The predicted octanol–water partition coefficient (Wildman–Crippen LogP) is 0.606. The highest BCUT2D eigenvalue weighted by molar-refractivity contribution is 5.84. The van der Waals surface area contributed by atoms with Gasteiger partial charge >= 0.3 is 0 Å². The molecule has 3 heteroatoms. The van der Waals surface area contributed by atoms with Crippen LogP contribution in [0.25, 0.3) is 0 Å². The maximum absolute atomic E-state index is 9.47. The molecule has 0 fully saturated rings. The predicted molar refractivity (Wildman–Crippen MR) is 52.7 cm³/mol. The van der Waals surface area contributed by atoms with E-state index in [1.807, 2.05) is 12.2 Å². The van der Waals surface area contributed by atoms with Crippen LogP contribution >= 0.6 is 0 Å². The molecular weight excluding hydrogens is 152 g/mol. The normalized spacial score (nSPS) is 7.33. The van der Waals surface area contributed by atoms with E-state index < -0.39 is 5.91 Å². The number of hydrogen-bond acceptors (Lipinski definition) is 2. The summed E-state index contributed by atoms with van der Waals surface area (Å²) < 4.78 is 0. The Morgan fingerprint density at radius 1 is 1.25 bits per heavy atom. The van der Waals surface area contributed by atoms with Gasteiger partial charge in [-0.1, -0.05) is 18.7 Å². The maximum Gasteiger partial charge on any atom is 0.240 e. The van der Waals surface area contributed by atoms with Crippen molar-refractivity contribution < 1.29 is 4.79 Å². The lowest BCUT2D eigenvalue weighted by Gasteiger charge is -1.90. The van der Waals surface area contributed by atoms with Crippen molar-refractivity contribution in [1.82, 2.24) is 5.32 Å². The van der Waals surface area contributed by atoms with Crippen molar-refractivity contribution in [3.05, 3.63) is 38.0 Å². The van der Waals surface area contributed by atoms with Gasteiger partial charge in [0.25, 0.3) is 0 Å². The molecule has 0 bridgehead atoms. The van der Waals surface area contributed by atoms with Gasteiger partial charge in [0.1, 0.15) is 0 Å². The van der Waals surface area contributed by atoms with Gasteiger partial charge in [-0.05, 0) is 6.08 Å². The fourth-order valence-corrected chi connectivity index (χ4v) is 0.287. The highest BCUT2D eigenvalue weighted by Crippen LogP contribution is 1.59. The molecule has 1 amide bonds. The zero-order valence-corrected chi connectivity index (χ0v) is 7.25. The standard InChI is InChI=1S/C6H11N.C3H5NO/c1-3-5-7-6-4-2;1-2-3(4)5/h3-4,7H,1-2,5-6H2;2H,1H2,(H2,4,5). The molecule has 3 nitrogen and oxygen atoms in total. The van der Waals surface area contributed by atoms with Gasteiger partial charge in [-0.15, -0.1) is 13.2 Å². The van der Waals surface area contributed by atoms with Crippen LogP contribution in [0.3, 0.4) is 0 Å². The van der Waals surface area contributed by atoms with Crippen LogP contribution in [0, 0.1) is 0 Å². The SMILES string of the molecule is C=CC(N)=O.C=CCNCC=C. The minimum atomic E-state index is -0.481. The molecule has 0 aliphatic heterocycles. The summed E-state index contributed by atoms with van der Waals surface area (Å²) in [6.07, 6.45) is 4.70. The van der Waals surface area contributed by atoms with Gasteiger partial charge in [0.15, 0.2) is 0 Å². The molecule has 0 aliphatic carbocycles. The summed E-state index contributed by atoms with van der Waals surface area (Å²) in [6, 6.07) is 0. The first-order valence-corrected chi connectivity index (χ1v) is 3.53. The lowest BCUT2D eigenvalue weighted by atomic mass is 10.5. The number of rotatable bonds is 5. The molecule has 0 rings (SSSR count). The Hall–Kier alpha value is -1.35. The molecule has 68 valence electrons. The second kappa shape index (κ2) is 12.3. The Labute approximate surface area is 73.6 Å². The summed E-state index contributed by atoms with van der Waals surface area (Å²) >= 11 is 0. The Balaban J connectivity index is 0. The summed E-state index contributed by atoms with van der Waals surface area (Å²) in [6.45, 7) is 11.9. The highest BCUT2D eigenvalue weighted by Gasteiger charge is 1.70. The van der Waals surface area contributed by atoms with Crippen LogP contribution in [0.2, 0.25) is 0 Å². The van der Waals surface area contributed by atoms with E-state index in [0.29, 0.717) is 0 Å². The van der Waals surface area contributed by atoms with E-state index in [4.69, 9.17) is 0 Å². The average molecular weight is 168 g/mol. The molecule has 0 radical (unpaired) electrons. The third-order valence-corrected chi connectivity index (χ3v) is 0.779. The summed E-state index contributed by atoms with van der Waals surface area (Å²) in [7, 11) is 0. The van der Waals surface area contributed by atoms with Crippen LogP contribution in [0.15, 0.2) is 38.0 Å². The van der Waals surface area contributed by atoms with Crippen LogP contribution in [0.5, 0.6) is 0 Å². The first-order chi connectivity index (χ1) is 5.68. The van der Waals surface area contributed by atoms with Crippen molar-refractivity contribution in [3.63, 3.8) is 0 Å². The van der Waals surface area contributed by atoms with Gasteiger partial charge < -0.3 is 11.1 Å². The summed E-state index contributed by atoms with van der Waals surface area (Å²) in [5.41, 5.74) is 4.53. The lowest BCUT2D eigenvalue weighted by molar-refractivity contribution is -0.113. The molecule has 0 atom stereocenters. The van der Waals surface area contributed by atoms with E-state index in [9.17, 15) is 4.79 Å². The highest BCUT2D eigenvalue weighted by atomic mass is 16.1. The number of primary amides is 1. The minimum Gasteiger partial charge on any atom is -0.366 e. The second-order valence-electron chi connectivity index (χ2n) is 1.84. The molecule has 0 spiro atoms. The zero-order chi connectivity index (χ0) is 9.82. The van der Waals surface area contributed by atoms with E-state index >= 15 is 0 Å². The monoisotopic (exact) mass is 168 g/mol. The smallest absolute Gasteiger partial charge is 0.240 e. The minimum absolute atomic E-state index is 0.481. The molecule has 0 heterocycles. The molecule has 0 saturated heterocycles. The second-order valence-corrected chi connectivity index (χ2v) is 1.84. The molecule has 0 unspecified atom stereocenters. The molecular formula is C9H16N2O. The van der Waals surface area contributed by atoms with Crippen molar-refractivity contribution in [2.24, 2.45) is 5.73 Å². The van der Waals surface area contributed by atoms with E-state index in [2.05, 4.69) is 30.8 Å². The van der Waals surface area contributed by atoms with Gasteiger partial charge in [0, 0.05) is 13.1 Å². The van der Waals surface area contributed by atoms with Gasteiger partial charge in [-0.3, -0.25) is 4.79 Å². The van der Waals surface area contributed by atoms with Crippen LogP contribution in [0.4, 0.5) is 0 Å². The summed E-state index contributed by atoms with van der Waals surface area (Å²) in [5.74, 6) is -0.481. The lowest BCUT2D eigenvalue weighted by Crippen LogP contribution is -2.11. The van der Waals surface area contributed by atoms with Crippen molar-refractivity contribution in [1.29, 1.82) is 0 Å². The molecule has 0 saturated carbocycles. The van der Waals surface area contributed by atoms with Crippen LogP contribution in [-0.2, 0) is 4.79 Å². The van der Waals surface area contributed by atoms with Gasteiger partial charge in [-0.25, -0.2) is 0 Å². The van der Waals surface area contributed by atoms with Gasteiger partial charge in [0.05, 0.1) is 0 Å². The average Bonchev–Trinajstić information content (AvgIpc) is 2.07. The van der Waals surface area contributed by atoms with E-state index in [0.717, 1.165) is 19.2 Å². The molecule has 3 N–H and O–H groups in total. The number of nitrogens with two attached hydrogens (primary N) is 1. The summed E-state index contributed by atoms with van der Waals surface area (Å²) in [5, 5.41) is 3.05. The molecule has 0 aromatic carbocycles. The van der Waals surface area contributed by atoms with Crippen molar-refractivity contribution in [2.75, 3.05) is 13.1 Å². The van der Waals surface area contributed by atoms with Gasteiger partial charge in [0.2, 0.25) is 5.91 Å². The molecule has 0 aromatic heterocycles. The third kappa shape index (κ3) is 23.4. The van der Waals surface area contributed by atoms with E-state index in [-0.39, 0.29) is 0 Å². The number of carbonyl (C=O) groups excluding carboxylic acids is 1. The van der Waals surface area contributed by atoms with E-state index in [1.54, 1.807) is 0 Å². The Kier molecular flexibility index (Phi) is 13.6. The quantitative estimate of drug-likeness (QED) is 0.359. The number of amides is 1. The first-order valence-electron chi connectivity index (χ1n) is 3.53. The molecule has 0 aromatic rings. The number of nitrogens with one attached hydrogen (secondary N) is 1. The number of hydrogen-bond donors (Lipinski definition) is 2. The molecule has 0 aliphatic rings. The van der Waals surface area contributed by atoms with E-state index in [1.165, 1.54) is 0 Å². The fraction of sp³-hybridized carbons (Fsp3) is 0.222. The Bertz CT molecular complexity index is 145. The van der Waals surface area contributed by atoms with Crippen molar-refractivity contribution >= 4 is 5.91 Å².